The average Bonchev–Trinajstić information content (AvgIpc) is 2.79. The molecule has 2 aliphatic rings. The number of carbonyl (C=O) groups excluding carboxylic acids is 2. The van der Waals surface area contributed by atoms with Crippen LogP contribution in [0.2, 0.25) is 0 Å². The van der Waals surface area contributed by atoms with Gasteiger partial charge in [-0.1, -0.05) is 0 Å². The van der Waals surface area contributed by atoms with Gasteiger partial charge in [0.25, 0.3) is 5.91 Å². The van der Waals surface area contributed by atoms with Gasteiger partial charge in [-0.05, 0) is 62.2 Å². The van der Waals surface area contributed by atoms with Crippen molar-refractivity contribution in [1.82, 2.24) is 5.32 Å². The topological polar surface area (TPSA) is 76.7 Å². The summed E-state index contributed by atoms with van der Waals surface area (Å²) in [7, 11) is 3.12. The van der Waals surface area contributed by atoms with Crippen molar-refractivity contribution in [2.75, 3.05) is 19.5 Å². The molecule has 2 N–H and O–H groups in total. The second-order valence-electron chi connectivity index (χ2n) is 7.83. The number of nitrogens with one attached hydrogen (secondary N) is 2. The Bertz CT molecular complexity index is 1140. The SMILES string of the molecule is COc1ccc(OC)c([C@@H]2C(C(=O)Nc3ccc(F)cc3)=C(C)NC3=C2C(=O)CCC3)c1. The summed E-state index contributed by atoms with van der Waals surface area (Å²) in [4.78, 5) is 26.5. The van der Waals surface area contributed by atoms with Crippen LogP contribution in [0, 0.1) is 5.82 Å². The van der Waals surface area contributed by atoms with Gasteiger partial charge < -0.3 is 20.1 Å². The minimum atomic E-state index is -0.621. The van der Waals surface area contributed by atoms with E-state index < -0.39 is 5.92 Å². The monoisotopic (exact) mass is 436 g/mol. The molecule has 0 bridgehead atoms. The minimum Gasteiger partial charge on any atom is -0.497 e. The number of allylic oxidation sites excluding steroid dienone is 3. The van der Waals surface area contributed by atoms with E-state index in [0.717, 1.165) is 18.5 Å². The van der Waals surface area contributed by atoms with Gasteiger partial charge >= 0.3 is 0 Å². The molecule has 0 saturated heterocycles. The zero-order valence-electron chi connectivity index (χ0n) is 18.3. The molecule has 0 unspecified atom stereocenters. The zero-order valence-corrected chi connectivity index (χ0v) is 18.3. The van der Waals surface area contributed by atoms with Crippen molar-refractivity contribution in [3.63, 3.8) is 0 Å². The maximum atomic E-state index is 13.5. The highest BCUT2D eigenvalue weighted by molar-refractivity contribution is 6.10. The van der Waals surface area contributed by atoms with Crippen LogP contribution in [0.25, 0.3) is 0 Å². The van der Waals surface area contributed by atoms with E-state index >= 15 is 0 Å². The lowest BCUT2D eigenvalue weighted by Crippen LogP contribution is -2.35. The molecule has 1 aliphatic heterocycles. The molecule has 32 heavy (non-hydrogen) atoms. The summed E-state index contributed by atoms with van der Waals surface area (Å²) in [5, 5.41) is 6.12. The summed E-state index contributed by atoms with van der Waals surface area (Å²) in [5.74, 6) is -0.220. The molecule has 4 rings (SSSR count). The smallest absolute Gasteiger partial charge is 0.254 e. The van der Waals surface area contributed by atoms with Gasteiger partial charge in [-0.25, -0.2) is 4.39 Å². The van der Waals surface area contributed by atoms with Gasteiger partial charge in [-0.2, -0.15) is 0 Å². The molecular formula is C25H25FN2O4. The number of Topliss-reactive ketones (excluding diaryl/α,β-unsaturated/α-hetero) is 1. The van der Waals surface area contributed by atoms with Crippen LogP contribution in [0.1, 0.15) is 37.7 Å². The van der Waals surface area contributed by atoms with Crippen molar-refractivity contribution in [2.24, 2.45) is 0 Å². The van der Waals surface area contributed by atoms with E-state index in [4.69, 9.17) is 9.47 Å². The third kappa shape index (κ3) is 3.98. The van der Waals surface area contributed by atoms with Crippen LogP contribution in [-0.4, -0.2) is 25.9 Å². The highest BCUT2D eigenvalue weighted by Crippen LogP contribution is 2.46. The first-order chi connectivity index (χ1) is 15.4. The molecule has 166 valence electrons. The summed E-state index contributed by atoms with van der Waals surface area (Å²) in [5.41, 5.74) is 3.63. The summed E-state index contributed by atoms with van der Waals surface area (Å²) in [6.07, 6.45) is 1.92. The van der Waals surface area contributed by atoms with Crippen molar-refractivity contribution in [1.29, 1.82) is 0 Å². The molecule has 0 spiro atoms. The summed E-state index contributed by atoms with van der Waals surface area (Å²) < 4.78 is 24.3. The van der Waals surface area contributed by atoms with Gasteiger partial charge in [0.1, 0.15) is 17.3 Å². The first kappa shape index (κ1) is 21.6. The van der Waals surface area contributed by atoms with Gasteiger partial charge in [-0.15, -0.1) is 0 Å². The van der Waals surface area contributed by atoms with E-state index in [1.807, 2.05) is 6.92 Å². The lowest BCUT2D eigenvalue weighted by molar-refractivity contribution is -0.116. The second-order valence-corrected chi connectivity index (χ2v) is 7.83. The van der Waals surface area contributed by atoms with E-state index in [0.29, 0.717) is 46.0 Å². The first-order valence-electron chi connectivity index (χ1n) is 10.5. The average molecular weight is 436 g/mol. The molecule has 2 aromatic rings. The van der Waals surface area contributed by atoms with Crippen LogP contribution in [0.15, 0.2) is 65.0 Å². The zero-order chi connectivity index (χ0) is 22.8. The predicted octanol–water partition coefficient (Wildman–Crippen LogP) is 4.45. The number of ether oxygens (including phenoxy) is 2. The fourth-order valence-corrected chi connectivity index (χ4v) is 4.39. The normalized spacial score (nSPS) is 18.1. The van der Waals surface area contributed by atoms with Gasteiger partial charge in [0.2, 0.25) is 0 Å². The molecule has 1 atom stereocenters. The van der Waals surface area contributed by atoms with Crippen molar-refractivity contribution in [3.05, 3.63) is 76.4 Å². The van der Waals surface area contributed by atoms with Crippen LogP contribution in [0.4, 0.5) is 10.1 Å². The van der Waals surface area contributed by atoms with Crippen molar-refractivity contribution in [3.8, 4) is 11.5 Å². The molecule has 2 aromatic carbocycles. The summed E-state index contributed by atoms with van der Waals surface area (Å²) >= 11 is 0. The van der Waals surface area contributed by atoms with Crippen LogP contribution in [0.3, 0.4) is 0 Å². The Morgan fingerprint density at radius 3 is 2.53 bits per heavy atom. The Balaban J connectivity index is 1.85. The van der Waals surface area contributed by atoms with E-state index in [2.05, 4.69) is 10.6 Å². The Labute approximate surface area is 186 Å². The highest BCUT2D eigenvalue weighted by Gasteiger charge is 2.40. The number of hydrogen-bond donors (Lipinski definition) is 2. The third-order valence-corrected chi connectivity index (χ3v) is 5.87. The number of amides is 1. The Morgan fingerprint density at radius 2 is 1.84 bits per heavy atom. The molecule has 1 aliphatic carbocycles. The number of anilines is 1. The van der Waals surface area contributed by atoms with Crippen molar-refractivity contribution < 1.29 is 23.5 Å². The van der Waals surface area contributed by atoms with Gasteiger partial charge in [0.15, 0.2) is 5.78 Å². The largest absolute Gasteiger partial charge is 0.497 e. The maximum absolute atomic E-state index is 13.5. The van der Waals surface area contributed by atoms with E-state index in [9.17, 15) is 14.0 Å². The molecule has 1 heterocycles. The summed E-state index contributed by atoms with van der Waals surface area (Å²) in [6.45, 7) is 1.82. The number of ketones is 1. The second kappa shape index (κ2) is 8.86. The predicted molar refractivity (Wildman–Crippen MR) is 119 cm³/mol. The number of benzene rings is 2. The highest BCUT2D eigenvalue weighted by atomic mass is 19.1. The maximum Gasteiger partial charge on any atom is 0.254 e. The lowest BCUT2D eigenvalue weighted by atomic mass is 9.74. The van der Waals surface area contributed by atoms with Crippen molar-refractivity contribution in [2.45, 2.75) is 32.1 Å². The first-order valence-corrected chi connectivity index (χ1v) is 10.5. The van der Waals surface area contributed by atoms with Crippen LogP contribution < -0.4 is 20.1 Å². The number of halogens is 1. The molecule has 0 radical (unpaired) electrons. The number of hydrogen-bond acceptors (Lipinski definition) is 5. The molecule has 0 aromatic heterocycles. The molecule has 1 amide bonds. The molecule has 0 saturated carbocycles. The molecule has 6 nitrogen and oxygen atoms in total. The Morgan fingerprint density at radius 1 is 1.09 bits per heavy atom. The fraction of sp³-hybridized carbons (Fsp3) is 0.280. The van der Waals surface area contributed by atoms with Gasteiger partial charge in [-0.3, -0.25) is 9.59 Å². The van der Waals surface area contributed by atoms with E-state index in [1.54, 1.807) is 32.4 Å². The molecule has 0 fully saturated rings. The fourth-order valence-electron chi connectivity index (χ4n) is 4.39. The van der Waals surface area contributed by atoms with Crippen molar-refractivity contribution >= 4 is 17.4 Å². The number of rotatable bonds is 5. The quantitative estimate of drug-likeness (QED) is 0.724. The van der Waals surface area contributed by atoms with Gasteiger partial charge in [0.05, 0.1) is 20.1 Å². The van der Waals surface area contributed by atoms with Crippen LogP contribution in [0.5, 0.6) is 11.5 Å². The van der Waals surface area contributed by atoms with Gasteiger partial charge in [0, 0.05) is 40.2 Å². The minimum absolute atomic E-state index is 0.00760. The number of carbonyl (C=O) groups is 2. The Kier molecular flexibility index (Phi) is 5.99. The molecular weight excluding hydrogens is 411 g/mol. The Hall–Kier alpha value is -3.61. The van der Waals surface area contributed by atoms with E-state index in [1.165, 1.54) is 24.3 Å². The lowest BCUT2D eigenvalue weighted by Gasteiger charge is -2.35. The van der Waals surface area contributed by atoms with Crippen LogP contribution in [-0.2, 0) is 9.59 Å². The third-order valence-electron chi connectivity index (χ3n) is 5.87. The number of dihydropyridines is 1. The standard InChI is InChI=1S/C25H25FN2O4/c1-14-22(25(30)28-16-9-7-15(26)8-10-16)23(24-19(27-14)5-4-6-20(24)29)18-13-17(31-2)11-12-21(18)32-3/h7-13,23,27H,4-6H2,1-3H3,(H,28,30)/t23-/m1/s1. The summed E-state index contributed by atoms with van der Waals surface area (Å²) in [6, 6.07) is 10.9. The number of methoxy groups -OCH3 is 2. The van der Waals surface area contributed by atoms with E-state index in [-0.39, 0.29) is 17.5 Å². The molecule has 7 heteroatoms. The van der Waals surface area contributed by atoms with Crippen LogP contribution >= 0.6 is 0 Å².